The quantitative estimate of drug-likeness (QED) is 0.0667. The fourth-order valence-corrected chi connectivity index (χ4v) is 7.21. The second-order valence-corrected chi connectivity index (χ2v) is 14.6. The molecule has 1 heterocycles. The lowest BCUT2D eigenvalue weighted by molar-refractivity contribution is -0.245. The maximum atomic E-state index is 12.5. The van der Waals surface area contributed by atoms with Gasteiger partial charge in [0.1, 0.15) is 0 Å². The van der Waals surface area contributed by atoms with Gasteiger partial charge < -0.3 is 25.0 Å². The molecule has 3 atom stereocenters. The van der Waals surface area contributed by atoms with Crippen molar-refractivity contribution in [3.63, 3.8) is 0 Å². The van der Waals surface area contributed by atoms with Crippen molar-refractivity contribution in [1.29, 1.82) is 0 Å². The predicted octanol–water partition coefficient (Wildman–Crippen LogP) is 10.3. The van der Waals surface area contributed by atoms with Crippen LogP contribution in [-0.4, -0.2) is 33.9 Å². The molecule has 3 aromatic rings. The monoisotopic (exact) mass is 703 g/mol. The molecule has 3 aromatic carbocycles. The first-order chi connectivity index (χ1) is 24.4. The fourth-order valence-electron chi connectivity index (χ4n) is 6.29. The second kappa shape index (κ2) is 22.6. The summed E-state index contributed by atoms with van der Waals surface area (Å²) in [5.74, 6) is -0.157. The Bertz CT molecular complexity index is 1400. The van der Waals surface area contributed by atoms with E-state index in [0.29, 0.717) is 25.1 Å². The number of benzene rings is 3. The number of unbranched alkanes of at least 4 members (excludes halogenated alkanes) is 12. The minimum Gasteiger partial charge on any atom is -0.478 e. The fraction of sp³-hybridized carbons (Fsp3) is 0.524. The highest BCUT2D eigenvalue weighted by atomic mass is 32.2. The number of carbonyl (C=O) groups is 2. The van der Waals surface area contributed by atoms with Gasteiger partial charge in [-0.2, -0.15) is 0 Å². The molecule has 1 amide bonds. The number of rotatable bonds is 23. The highest BCUT2D eigenvalue weighted by molar-refractivity contribution is 7.99. The zero-order chi connectivity index (χ0) is 35.4. The van der Waals surface area contributed by atoms with Crippen molar-refractivity contribution < 1.29 is 29.3 Å². The zero-order valence-electron chi connectivity index (χ0n) is 29.8. The Balaban J connectivity index is 1.20. The van der Waals surface area contributed by atoms with E-state index in [1.807, 2.05) is 60.7 Å². The first kappa shape index (κ1) is 39.6. The predicted molar refractivity (Wildman–Crippen MR) is 201 cm³/mol. The van der Waals surface area contributed by atoms with Crippen molar-refractivity contribution in [3.8, 4) is 0 Å². The molecule has 3 unspecified atom stereocenters. The third kappa shape index (κ3) is 14.2. The summed E-state index contributed by atoms with van der Waals surface area (Å²) in [6.45, 7) is 2.75. The average molecular weight is 704 g/mol. The average Bonchev–Trinajstić information content (AvgIpc) is 3.15. The molecule has 0 spiro atoms. The number of carbonyl (C=O) groups excluding carboxylic acids is 1. The van der Waals surface area contributed by atoms with E-state index in [9.17, 15) is 19.8 Å². The van der Waals surface area contributed by atoms with Crippen LogP contribution in [0.4, 0.5) is 0 Å². The van der Waals surface area contributed by atoms with Crippen molar-refractivity contribution in [1.82, 2.24) is 5.32 Å². The van der Waals surface area contributed by atoms with Gasteiger partial charge >= 0.3 is 5.97 Å². The maximum Gasteiger partial charge on any atom is 0.335 e. The lowest BCUT2D eigenvalue weighted by atomic mass is 10.0. The third-order valence-corrected chi connectivity index (χ3v) is 10.5. The smallest absolute Gasteiger partial charge is 0.335 e. The van der Waals surface area contributed by atoms with E-state index in [0.717, 1.165) is 40.0 Å². The van der Waals surface area contributed by atoms with Crippen LogP contribution < -0.4 is 5.32 Å². The van der Waals surface area contributed by atoms with Crippen molar-refractivity contribution in [2.75, 3.05) is 5.75 Å². The van der Waals surface area contributed by atoms with E-state index < -0.39 is 12.3 Å². The molecule has 0 saturated carbocycles. The number of amides is 1. The second-order valence-electron chi connectivity index (χ2n) is 13.5. The first-order valence-electron chi connectivity index (χ1n) is 18.8. The van der Waals surface area contributed by atoms with E-state index in [1.54, 1.807) is 23.9 Å². The van der Waals surface area contributed by atoms with Crippen LogP contribution in [0.3, 0.4) is 0 Å². The zero-order valence-corrected chi connectivity index (χ0v) is 30.6. The molecule has 1 fully saturated rings. The Kier molecular flexibility index (Phi) is 17.9. The van der Waals surface area contributed by atoms with Gasteiger partial charge in [-0.1, -0.05) is 133 Å². The van der Waals surface area contributed by atoms with Crippen LogP contribution in [0.25, 0.3) is 0 Å². The maximum absolute atomic E-state index is 12.5. The topological polar surface area (TPSA) is 105 Å². The molecule has 0 radical (unpaired) electrons. The third-order valence-electron chi connectivity index (χ3n) is 9.40. The molecular weight excluding hydrogens is 647 g/mol. The van der Waals surface area contributed by atoms with Gasteiger partial charge in [-0.3, -0.25) is 4.79 Å². The molecule has 3 N–H and O–H groups in total. The molecule has 8 heteroatoms. The Morgan fingerprint density at radius 1 is 0.720 bits per heavy atom. The molecule has 4 rings (SSSR count). The van der Waals surface area contributed by atoms with Crippen molar-refractivity contribution in [2.45, 2.75) is 140 Å². The molecule has 1 aliphatic rings. The van der Waals surface area contributed by atoms with Crippen LogP contribution in [0.15, 0.2) is 77.7 Å². The number of hydrogen-bond donors (Lipinski definition) is 3. The summed E-state index contributed by atoms with van der Waals surface area (Å²) in [7, 11) is 0. The van der Waals surface area contributed by atoms with Crippen molar-refractivity contribution >= 4 is 23.6 Å². The number of aliphatic hydroxyl groups excluding tert-OH is 1. The van der Waals surface area contributed by atoms with Crippen LogP contribution in [0, 0.1) is 0 Å². The van der Waals surface area contributed by atoms with Crippen molar-refractivity contribution in [2.24, 2.45) is 0 Å². The summed E-state index contributed by atoms with van der Waals surface area (Å²) in [5, 5.41) is 21.8. The normalized spacial score (nSPS) is 17.4. The highest BCUT2D eigenvalue weighted by Gasteiger charge is 2.32. The lowest BCUT2D eigenvalue weighted by Crippen LogP contribution is -2.31. The molecule has 7 nitrogen and oxygen atoms in total. The van der Waals surface area contributed by atoms with E-state index in [2.05, 4.69) is 12.2 Å². The number of carboxylic acids is 1. The van der Waals surface area contributed by atoms with Crippen LogP contribution in [0.5, 0.6) is 0 Å². The number of ether oxygens (including phenoxy) is 2. The number of aromatic carboxylic acids is 1. The van der Waals surface area contributed by atoms with Gasteiger partial charge in [0.05, 0.1) is 24.4 Å². The number of carboxylic acid groups (broad SMARTS) is 1. The Morgan fingerprint density at radius 3 is 1.86 bits per heavy atom. The first-order valence-corrected chi connectivity index (χ1v) is 19.8. The lowest BCUT2D eigenvalue weighted by Gasteiger charge is -2.36. The minimum absolute atomic E-state index is 0.0102. The Hall–Kier alpha value is -3.17. The standard InChI is InChI=1S/C42H57NO6S/c1-2-3-4-5-6-7-8-9-10-11-12-13-14-15-40(45)43-29-32-16-22-36(23-17-32)42-48-37(31-50-38-26-24-35(25-27-38)41(46)47)28-39(49-42)34-20-18-33(30-44)19-21-34/h16-27,37,39,42,44H,2-15,28-31H2,1H3,(H,43,45)(H,46,47). The summed E-state index contributed by atoms with van der Waals surface area (Å²) < 4.78 is 12.9. The Labute approximate surface area is 303 Å². The van der Waals surface area contributed by atoms with Gasteiger partial charge in [0, 0.05) is 35.6 Å². The van der Waals surface area contributed by atoms with Gasteiger partial charge in [-0.25, -0.2) is 4.79 Å². The highest BCUT2D eigenvalue weighted by Crippen LogP contribution is 2.39. The molecule has 0 aliphatic carbocycles. The summed E-state index contributed by atoms with van der Waals surface area (Å²) >= 11 is 1.63. The molecule has 272 valence electrons. The van der Waals surface area contributed by atoms with Crippen LogP contribution in [0.2, 0.25) is 0 Å². The van der Waals surface area contributed by atoms with Crippen LogP contribution in [-0.2, 0) is 27.4 Å². The number of nitrogens with one attached hydrogen (secondary N) is 1. The van der Waals surface area contributed by atoms with E-state index in [4.69, 9.17) is 9.47 Å². The van der Waals surface area contributed by atoms with E-state index in [1.165, 1.54) is 70.6 Å². The number of hydrogen-bond acceptors (Lipinski definition) is 6. The summed E-state index contributed by atoms with van der Waals surface area (Å²) in [6, 6.07) is 22.8. The van der Waals surface area contributed by atoms with Crippen LogP contribution in [0.1, 0.15) is 148 Å². The van der Waals surface area contributed by atoms with Crippen LogP contribution >= 0.6 is 11.8 Å². The van der Waals surface area contributed by atoms with Gasteiger partial charge in [0.15, 0.2) is 6.29 Å². The van der Waals surface area contributed by atoms with Gasteiger partial charge in [0.2, 0.25) is 5.91 Å². The largest absolute Gasteiger partial charge is 0.478 e. The molecule has 1 saturated heterocycles. The number of aliphatic hydroxyl groups is 1. The summed E-state index contributed by atoms with van der Waals surface area (Å²) in [4.78, 5) is 24.7. The molecule has 0 bridgehead atoms. The van der Waals surface area contributed by atoms with Gasteiger partial charge in [-0.05, 0) is 47.4 Å². The van der Waals surface area contributed by atoms with Gasteiger partial charge in [0.25, 0.3) is 0 Å². The van der Waals surface area contributed by atoms with Gasteiger partial charge in [-0.15, -0.1) is 11.8 Å². The van der Waals surface area contributed by atoms with E-state index in [-0.39, 0.29) is 30.3 Å². The SMILES string of the molecule is CCCCCCCCCCCCCCCC(=O)NCc1ccc(C2OC(CSc3ccc(C(=O)O)cc3)CC(c3ccc(CO)cc3)O2)cc1. The molecule has 1 aliphatic heterocycles. The Morgan fingerprint density at radius 2 is 1.28 bits per heavy atom. The molecule has 50 heavy (non-hydrogen) atoms. The summed E-state index contributed by atoms with van der Waals surface area (Å²) in [5.41, 5.74) is 4.07. The molecular formula is C42H57NO6S. The van der Waals surface area contributed by atoms with Crippen molar-refractivity contribution in [3.05, 3.63) is 101 Å². The molecule has 0 aromatic heterocycles. The minimum atomic E-state index is -0.939. The number of thioether (sulfide) groups is 1. The van der Waals surface area contributed by atoms with E-state index >= 15 is 0 Å². The summed E-state index contributed by atoms with van der Waals surface area (Å²) in [6.07, 6.45) is 17.2.